The zero-order valence-electron chi connectivity index (χ0n) is 11.1. The van der Waals surface area contributed by atoms with E-state index in [-0.39, 0.29) is 0 Å². The number of hydrogen-bond donors (Lipinski definition) is 1. The molecule has 2 nitrogen and oxygen atoms in total. The molecular formula is C14H28N2. The van der Waals surface area contributed by atoms with E-state index in [9.17, 15) is 0 Å². The Morgan fingerprint density at radius 2 is 2.06 bits per heavy atom. The van der Waals surface area contributed by atoms with Gasteiger partial charge in [-0.25, -0.2) is 0 Å². The second-order valence-electron chi connectivity index (χ2n) is 5.16. The molecule has 1 heterocycles. The van der Waals surface area contributed by atoms with E-state index in [1.165, 1.54) is 50.9 Å². The highest BCUT2D eigenvalue weighted by Gasteiger charge is 2.12. The fraction of sp³-hybridized carbons (Fsp3) is 0.857. The molecule has 1 saturated heterocycles. The van der Waals surface area contributed by atoms with Crippen LogP contribution in [0.3, 0.4) is 0 Å². The molecule has 0 aromatic heterocycles. The summed E-state index contributed by atoms with van der Waals surface area (Å²) < 4.78 is 0. The number of piperidine rings is 1. The van der Waals surface area contributed by atoms with Gasteiger partial charge in [-0.3, -0.25) is 4.90 Å². The molecule has 1 fully saturated rings. The summed E-state index contributed by atoms with van der Waals surface area (Å²) in [4.78, 5) is 2.50. The maximum Gasteiger partial charge on any atom is 0.0187 e. The highest BCUT2D eigenvalue weighted by molar-refractivity contribution is 4.91. The third kappa shape index (κ3) is 5.66. The predicted molar refractivity (Wildman–Crippen MR) is 71.8 cm³/mol. The van der Waals surface area contributed by atoms with Gasteiger partial charge in [-0.05, 0) is 64.7 Å². The Kier molecular flexibility index (Phi) is 6.74. The Balaban J connectivity index is 2.09. The minimum Gasteiger partial charge on any atom is -0.317 e. The Morgan fingerprint density at radius 1 is 1.38 bits per heavy atom. The van der Waals surface area contributed by atoms with Crippen LogP contribution in [0.2, 0.25) is 0 Å². The summed E-state index contributed by atoms with van der Waals surface area (Å²) in [6.45, 7) is 14.3. The Morgan fingerprint density at radius 3 is 2.62 bits per heavy atom. The summed E-state index contributed by atoms with van der Waals surface area (Å²) in [5.41, 5.74) is 1.28. The van der Waals surface area contributed by atoms with Crippen LogP contribution < -0.4 is 5.32 Å². The molecule has 0 bridgehead atoms. The molecule has 0 unspecified atom stereocenters. The molecule has 0 spiro atoms. The summed E-state index contributed by atoms with van der Waals surface area (Å²) in [6.07, 6.45) is 5.53. The van der Waals surface area contributed by atoms with Crippen LogP contribution >= 0.6 is 0 Å². The van der Waals surface area contributed by atoms with Gasteiger partial charge in [-0.15, -0.1) is 0 Å². The van der Waals surface area contributed by atoms with Crippen LogP contribution in [0.15, 0.2) is 12.2 Å². The van der Waals surface area contributed by atoms with Gasteiger partial charge in [0.05, 0.1) is 0 Å². The highest BCUT2D eigenvalue weighted by Crippen LogP contribution is 2.17. The molecule has 94 valence electrons. The van der Waals surface area contributed by atoms with Crippen molar-refractivity contribution < 1.29 is 0 Å². The van der Waals surface area contributed by atoms with E-state index in [1.807, 2.05) is 0 Å². The quantitative estimate of drug-likeness (QED) is 0.669. The van der Waals surface area contributed by atoms with Crippen molar-refractivity contribution in [3.05, 3.63) is 12.2 Å². The van der Waals surface area contributed by atoms with Crippen LogP contribution in [-0.2, 0) is 0 Å². The van der Waals surface area contributed by atoms with Gasteiger partial charge in [0, 0.05) is 6.54 Å². The molecular weight excluding hydrogens is 196 g/mol. The van der Waals surface area contributed by atoms with E-state index in [0.717, 1.165) is 19.0 Å². The van der Waals surface area contributed by atoms with Crippen molar-refractivity contribution in [1.82, 2.24) is 10.2 Å². The monoisotopic (exact) mass is 224 g/mol. The molecule has 0 saturated carbocycles. The Bertz CT molecular complexity index is 195. The molecule has 0 aromatic carbocycles. The largest absolute Gasteiger partial charge is 0.317 e. The number of nitrogens with one attached hydrogen (secondary N) is 1. The molecule has 0 amide bonds. The van der Waals surface area contributed by atoms with Crippen LogP contribution in [0.4, 0.5) is 0 Å². The first-order chi connectivity index (χ1) is 7.72. The van der Waals surface area contributed by atoms with Crippen molar-refractivity contribution in [1.29, 1.82) is 0 Å². The van der Waals surface area contributed by atoms with Gasteiger partial charge in [-0.2, -0.15) is 0 Å². The topological polar surface area (TPSA) is 15.3 Å². The molecule has 1 aliphatic rings. The third-order valence-corrected chi connectivity index (χ3v) is 3.49. The van der Waals surface area contributed by atoms with E-state index in [4.69, 9.17) is 0 Å². The fourth-order valence-electron chi connectivity index (χ4n) is 2.50. The van der Waals surface area contributed by atoms with Crippen molar-refractivity contribution in [3.63, 3.8) is 0 Å². The van der Waals surface area contributed by atoms with Crippen molar-refractivity contribution in [2.45, 2.75) is 39.5 Å². The standard InChI is InChI=1S/C14H28N2/c1-4-16(12-13(2)3)11-5-6-14-7-9-15-10-8-14/h14-15H,2,4-12H2,1,3H3. The van der Waals surface area contributed by atoms with E-state index < -0.39 is 0 Å². The second-order valence-corrected chi connectivity index (χ2v) is 5.16. The van der Waals surface area contributed by atoms with E-state index in [2.05, 4.69) is 30.6 Å². The molecule has 16 heavy (non-hydrogen) atoms. The van der Waals surface area contributed by atoms with Crippen LogP contribution in [0, 0.1) is 5.92 Å². The zero-order valence-corrected chi connectivity index (χ0v) is 11.1. The molecule has 0 aliphatic carbocycles. The van der Waals surface area contributed by atoms with Crippen molar-refractivity contribution >= 4 is 0 Å². The summed E-state index contributed by atoms with van der Waals surface area (Å²) in [5, 5.41) is 3.43. The van der Waals surface area contributed by atoms with Gasteiger partial charge < -0.3 is 5.32 Å². The van der Waals surface area contributed by atoms with Gasteiger partial charge >= 0.3 is 0 Å². The van der Waals surface area contributed by atoms with Crippen molar-refractivity contribution in [2.75, 3.05) is 32.7 Å². The smallest absolute Gasteiger partial charge is 0.0187 e. The van der Waals surface area contributed by atoms with Gasteiger partial charge in [0.25, 0.3) is 0 Å². The van der Waals surface area contributed by atoms with Crippen LogP contribution in [-0.4, -0.2) is 37.6 Å². The lowest BCUT2D eigenvalue weighted by molar-refractivity contribution is 0.277. The summed E-state index contributed by atoms with van der Waals surface area (Å²) in [5.74, 6) is 0.977. The van der Waals surface area contributed by atoms with Gasteiger partial charge in [-0.1, -0.05) is 19.1 Å². The maximum atomic E-state index is 3.99. The number of nitrogens with zero attached hydrogens (tertiary/aromatic N) is 1. The average molecular weight is 224 g/mol. The molecule has 0 aromatic rings. The fourth-order valence-corrected chi connectivity index (χ4v) is 2.50. The molecule has 1 N–H and O–H groups in total. The van der Waals surface area contributed by atoms with Gasteiger partial charge in [0.1, 0.15) is 0 Å². The molecule has 0 radical (unpaired) electrons. The summed E-state index contributed by atoms with van der Waals surface area (Å²) >= 11 is 0. The van der Waals surface area contributed by atoms with Crippen molar-refractivity contribution in [2.24, 2.45) is 5.92 Å². The van der Waals surface area contributed by atoms with Crippen LogP contribution in [0.1, 0.15) is 39.5 Å². The van der Waals surface area contributed by atoms with E-state index >= 15 is 0 Å². The lowest BCUT2D eigenvalue weighted by Gasteiger charge is -2.25. The highest BCUT2D eigenvalue weighted by atomic mass is 15.1. The minimum atomic E-state index is 0.977. The van der Waals surface area contributed by atoms with Crippen LogP contribution in [0.25, 0.3) is 0 Å². The molecule has 2 heteroatoms. The first kappa shape index (κ1) is 13.7. The first-order valence-corrected chi connectivity index (χ1v) is 6.79. The minimum absolute atomic E-state index is 0.977. The summed E-state index contributed by atoms with van der Waals surface area (Å²) in [6, 6.07) is 0. The second kappa shape index (κ2) is 7.86. The van der Waals surface area contributed by atoms with E-state index in [0.29, 0.717) is 0 Å². The molecule has 0 atom stereocenters. The lowest BCUT2D eigenvalue weighted by atomic mass is 9.93. The number of hydrogen-bond acceptors (Lipinski definition) is 2. The SMILES string of the molecule is C=C(C)CN(CC)CCCC1CCNCC1. The summed E-state index contributed by atoms with van der Waals surface area (Å²) in [7, 11) is 0. The first-order valence-electron chi connectivity index (χ1n) is 6.79. The normalized spacial score (nSPS) is 17.9. The van der Waals surface area contributed by atoms with Crippen molar-refractivity contribution in [3.8, 4) is 0 Å². The van der Waals surface area contributed by atoms with E-state index in [1.54, 1.807) is 0 Å². The van der Waals surface area contributed by atoms with Gasteiger partial charge in [0.2, 0.25) is 0 Å². The molecule has 1 aliphatic heterocycles. The molecule has 1 rings (SSSR count). The predicted octanol–water partition coefficient (Wildman–Crippen LogP) is 2.66. The maximum absolute atomic E-state index is 3.99. The third-order valence-electron chi connectivity index (χ3n) is 3.49. The van der Waals surface area contributed by atoms with Crippen LogP contribution in [0.5, 0.6) is 0 Å². The Labute approximate surface area is 101 Å². The average Bonchev–Trinajstić information content (AvgIpc) is 2.28. The Hall–Kier alpha value is -0.340. The number of likely N-dealkylation sites (N-methyl/N-ethyl adjacent to an activating group) is 1. The van der Waals surface area contributed by atoms with Gasteiger partial charge in [0.15, 0.2) is 0 Å². The zero-order chi connectivity index (χ0) is 11.8. The lowest BCUT2D eigenvalue weighted by Crippen LogP contribution is -2.29. The number of rotatable bonds is 7.